The van der Waals surface area contributed by atoms with Gasteiger partial charge in [-0.1, -0.05) is 0 Å². The van der Waals surface area contributed by atoms with Crippen molar-refractivity contribution in [1.29, 1.82) is 10.5 Å². The van der Waals surface area contributed by atoms with Gasteiger partial charge in [-0.15, -0.1) is 0 Å². The average Bonchev–Trinajstić information content (AvgIpc) is 2.68. The second-order valence-electron chi connectivity index (χ2n) is 6.34. The van der Waals surface area contributed by atoms with E-state index in [2.05, 4.69) is 0 Å². The van der Waals surface area contributed by atoms with E-state index in [0.717, 1.165) is 12.1 Å². The third kappa shape index (κ3) is 3.87. The van der Waals surface area contributed by atoms with Crippen molar-refractivity contribution in [3.63, 3.8) is 0 Å². The molecule has 0 bridgehead atoms. The molecule has 0 heterocycles. The fourth-order valence-electron chi connectivity index (χ4n) is 2.99. The maximum Gasteiger partial charge on any atom is 0.124 e. The van der Waals surface area contributed by atoms with Crippen molar-refractivity contribution in [3.05, 3.63) is 87.7 Å². The fourth-order valence-corrected chi connectivity index (χ4v) is 2.99. The van der Waals surface area contributed by atoms with Gasteiger partial charge in [0.15, 0.2) is 0 Å². The Kier molecular flexibility index (Phi) is 5.15. The lowest BCUT2D eigenvalue weighted by Crippen LogP contribution is -1.98. The molecule has 5 nitrogen and oxygen atoms in total. The van der Waals surface area contributed by atoms with Crippen LogP contribution in [-0.4, -0.2) is 15.3 Å². The summed E-state index contributed by atoms with van der Waals surface area (Å²) in [7, 11) is 0. The van der Waals surface area contributed by atoms with Crippen LogP contribution in [0, 0.1) is 28.5 Å². The van der Waals surface area contributed by atoms with Gasteiger partial charge in [-0.05, 0) is 59.7 Å². The molecule has 0 aliphatic carbocycles. The molecule has 6 heteroatoms. The van der Waals surface area contributed by atoms with Crippen molar-refractivity contribution in [2.45, 2.75) is 12.8 Å². The Morgan fingerprint density at radius 3 is 1.50 bits per heavy atom. The first-order valence-corrected chi connectivity index (χ1v) is 8.35. The zero-order valence-electron chi connectivity index (χ0n) is 14.6. The molecule has 0 fully saturated rings. The molecular formula is C22H15FN2O3. The predicted molar refractivity (Wildman–Crippen MR) is 99.3 cm³/mol. The summed E-state index contributed by atoms with van der Waals surface area (Å²) in [6.45, 7) is 0. The largest absolute Gasteiger partial charge is 0.508 e. The Labute approximate surface area is 160 Å². The number of aromatic hydroxyl groups is 3. The third-order valence-corrected chi connectivity index (χ3v) is 4.41. The van der Waals surface area contributed by atoms with E-state index in [1.807, 2.05) is 12.1 Å². The van der Waals surface area contributed by atoms with Crippen LogP contribution in [0.5, 0.6) is 17.2 Å². The molecule has 0 aliphatic rings. The van der Waals surface area contributed by atoms with Gasteiger partial charge in [0.2, 0.25) is 0 Å². The summed E-state index contributed by atoms with van der Waals surface area (Å²) in [5, 5.41) is 48.6. The van der Waals surface area contributed by atoms with Gasteiger partial charge >= 0.3 is 0 Å². The molecular weight excluding hydrogens is 359 g/mol. The van der Waals surface area contributed by atoms with Crippen LogP contribution in [0.4, 0.5) is 4.39 Å². The molecule has 0 unspecified atom stereocenters. The number of benzene rings is 3. The molecule has 0 amide bonds. The summed E-state index contributed by atoms with van der Waals surface area (Å²) in [4.78, 5) is 0. The van der Waals surface area contributed by atoms with E-state index in [0.29, 0.717) is 22.3 Å². The van der Waals surface area contributed by atoms with E-state index in [9.17, 15) is 19.7 Å². The van der Waals surface area contributed by atoms with E-state index in [-0.39, 0.29) is 41.2 Å². The Morgan fingerprint density at radius 1 is 0.679 bits per heavy atom. The Balaban J connectivity index is 2.00. The van der Waals surface area contributed by atoms with E-state index < -0.39 is 5.82 Å². The van der Waals surface area contributed by atoms with Crippen molar-refractivity contribution in [2.24, 2.45) is 0 Å². The highest BCUT2D eigenvalue weighted by molar-refractivity contribution is 5.51. The molecule has 0 saturated carbocycles. The normalized spacial score (nSPS) is 10.2. The molecule has 138 valence electrons. The maximum atomic E-state index is 14.2. The lowest BCUT2D eigenvalue weighted by Gasteiger charge is -2.13. The molecule has 0 atom stereocenters. The smallest absolute Gasteiger partial charge is 0.124 e. The molecule has 3 rings (SSSR count). The summed E-state index contributed by atoms with van der Waals surface area (Å²) < 4.78 is 14.2. The number of nitriles is 2. The first-order chi connectivity index (χ1) is 13.4. The summed E-state index contributed by atoms with van der Waals surface area (Å²) in [5.74, 6) is -0.897. The topological polar surface area (TPSA) is 108 Å². The summed E-state index contributed by atoms with van der Waals surface area (Å²) >= 11 is 0. The minimum Gasteiger partial charge on any atom is -0.508 e. The zero-order chi connectivity index (χ0) is 20.3. The van der Waals surface area contributed by atoms with Crippen molar-refractivity contribution in [3.8, 4) is 29.4 Å². The number of rotatable bonds is 4. The molecule has 3 N–H and O–H groups in total. The highest BCUT2D eigenvalue weighted by Crippen LogP contribution is 2.32. The molecule has 3 aromatic carbocycles. The monoisotopic (exact) mass is 374 g/mol. The molecule has 0 aromatic heterocycles. The molecule has 0 radical (unpaired) electrons. The predicted octanol–water partition coefficient (Wildman–Crippen LogP) is 3.87. The van der Waals surface area contributed by atoms with Crippen molar-refractivity contribution < 1.29 is 19.7 Å². The first kappa shape index (κ1) is 18.8. The third-order valence-electron chi connectivity index (χ3n) is 4.41. The number of halogens is 1. The molecule has 28 heavy (non-hydrogen) atoms. The minimum absolute atomic E-state index is 0.0160. The van der Waals surface area contributed by atoms with Gasteiger partial charge < -0.3 is 15.3 Å². The molecule has 0 saturated heterocycles. The first-order valence-electron chi connectivity index (χ1n) is 8.35. The van der Waals surface area contributed by atoms with E-state index in [4.69, 9.17) is 10.5 Å². The van der Waals surface area contributed by atoms with Crippen LogP contribution in [0.2, 0.25) is 0 Å². The second-order valence-corrected chi connectivity index (χ2v) is 6.34. The second kappa shape index (κ2) is 7.69. The van der Waals surface area contributed by atoms with Gasteiger partial charge in [0.25, 0.3) is 0 Å². The molecule has 0 spiro atoms. The van der Waals surface area contributed by atoms with E-state index in [1.165, 1.54) is 36.4 Å². The van der Waals surface area contributed by atoms with E-state index >= 15 is 0 Å². The summed E-state index contributed by atoms with van der Waals surface area (Å²) in [6, 6.07) is 14.9. The van der Waals surface area contributed by atoms with Crippen LogP contribution in [0.25, 0.3) is 0 Å². The van der Waals surface area contributed by atoms with Crippen LogP contribution in [0.3, 0.4) is 0 Å². The van der Waals surface area contributed by atoms with Gasteiger partial charge in [-0.2, -0.15) is 10.5 Å². The Bertz CT molecular complexity index is 1060. The van der Waals surface area contributed by atoms with Crippen LogP contribution in [0.1, 0.15) is 33.4 Å². The quantitative estimate of drug-likeness (QED) is 0.642. The van der Waals surface area contributed by atoms with Crippen LogP contribution >= 0.6 is 0 Å². The van der Waals surface area contributed by atoms with Crippen molar-refractivity contribution >= 4 is 0 Å². The molecule has 3 aromatic rings. The number of hydrogen-bond acceptors (Lipinski definition) is 5. The SMILES string of the molecule is N#Cc1ccc(O)c(Cc2cc(F)cc(Cc3cc(C#N)ccc3O)c2O)c1. The lowest BCUT2D eigenvalue weighted by molar-refractivity contribution is 0.454. The highest BCUT2D eigenvalue weighted by Gasteiger charge is 2.15. The average molecular weight is 374 g/mol. The van der Waals surface area contributed by atoms with Crippen LogP contribution in [0.15, 0.2) is 48.5 Å². The van der Waals surface area contributed by atoms with Crippen molar-refractivity contribution in [2.75, 3.05) is 0 Å². The maximum absolute atomic E-state index is 14.2. The van der Waals surface area contributed by atoms with Gasteiger partial charge in [-0.25, -0.2) is 4.39 Å². The van der Waals surface area contributed by atoms with Crippen molar-refractivity contribution in [1.82, 2.24) is 0 Å². The number of hydrogen-bond donors (Lipinski definition) is 3. The summed E-state index contributed by atoms with van der Waals surface area (Å²) in [6.07, 6.45) is 0.0321. The minimum atomic E-state index is -0.588. The molecule has 0 aliphatic heterocycles. The highest BCUT2D eigenvalue weighted by atomic mass is 19.1. The Hall–Kier alpha value is -4.03. The van der Waals surface area contributed by atoms with Gasteiger partial charge in [0.1, 0.15) is 23.1 Å². The number of nitrogens with zero attached hydrogens (tertiary/aromatic N) is 2. The fraction of sp³-hybridized carbons (Fsp3) is 0.0909. The van der Waals surface area contributed by atoms with Gasteiger partial charge in [0, 0.05) is 24.0 Å². The standard InChI is InChI=1S/C22H15FN2O3/c23-19-9-17(7-15-5-13(11-24)1-3-20(15)26)22(28)18(10-19)8-16-6-14(12-25)2-4-21(16)27/h1-6,9-10,26-28H,7-8H2. The number of phenolic OH excluding ortho intramolecular Hbond substituents is 3. The zero-order valence-corrected chi connectivity index (χ0v) is 14.6. The lowest BCUT2D eigenvalue weighted by atomic mass is 9.95. The Morgan fingerprint density at radius 2 is 1.11 bits per heavy atom. The number of phenols is 3. The van der Waals surface area contributed by atoms with Gasteiger partial charge in [0.05, 0.1) is 23.3 Å². The van der Waals surface area contributed by atoms with Crippen LogP contribution in [-0.2, 0) is 12.8 Å². The summed E-state index contributed by atoms with van der Waals surface area (Å²) in [5.41, 5.74) is 1.89. The van der Waals surface area contributed by atoms with Gasteiger partial charge in [-0.3, -0.25) is 0 Å². The van der Waals surface area contributed by atoms with E-state index in [1.54, 1.807) is 0 Å². The van der Waals surface area contributed by atoms with Crippen LogP contribution < -0.4 is 0 Å².